The first kappa shape index (κ1) is 6.03. The van der Waals surface area contributed by atoms with Crippen molar-refractivity contribution in [1.29, 1.82) is 0 Å². The second kappa shape index (κ2) is 2.45. The first-order valence-electron chi connectivity index (χ1n) is 2.21. The molecule has 4 nitrogen and oxygen atoms in total. The van der Waals surface area contributed by atoms with Crippen molar-refractivity contribution in [3.63, 3.8) is 0 Å². The van der Waals surface area contributed by atoms with Crippen LogP contribution < -0.4 is 0 Å². The van der Waals surface area contributed by atoms with Crippen LogP contribution in [0.4, 0.5) is 0 Å². The number of hydrogen-bond acceptors (Lipinski definition) is 3. The third kappa shape index (κ3) is 1.17. The molecule has 0 aliphatic heterocycles. The predicted molar refractivity (Wildman–Crippen MR) is 32.7 cm³/mol. The van der Waals surface area contributed by atoms with Crippen molar-refractivity contribution in [1.82, 2.24) is 9.97 Å². The van der Waals surface area contributed by atoms with Gasteiger partial charge in [-0.05, 0) is 0 Å². The summed E-state index contributed by atoms with van der Waals surface area (Å²) < 4.78 is 2.98. The van der Waals surface area contributed by atoms with Gasteiger partial charge in [0.15, 0.2) is 5.82 Å². The zero-order chi connectivity index (χ0) is 6.69. The molecule has 1 N–H and O–H groups in total. The van der Waals surface area contributed by atoms with E-state index in [0.29, 0.717) is 0 Å². The number of nitrogens with zero attached hydrogens (tertiary/aromatic N) is 2. The van der Waals surface area contributed by atoms with E-state index in [1.807, 2.05) is 0 Å². The van der Waals surface area contributed by atoms with E-state index in [1.165, 1.54) is 12.4 Å². The number of carbonyl (C=O) groups excluding carboxylic acids is 1. The van der Waals surface area contributed by atoms with Crippen LogP contribution in [0.5, 0.6) is 0 Å². The molecule has 1 aromatic heterocycles. The first-order chi connectivity index (χ1) is 4.34. The Balaban J connectivity index is 2.89. The lowest BCUT2D eigenvalue weighted by molar-refractivity contribution is 0.0997. The molecule has 9 heavy (non-hydrogen) atoms. The van der Waals surface area contributed by atoms with Crippen molar-refractivity contribution < 1.29 is 4.79 Å². The molecule has 0 saturated heterocycles. The van der Waals surface area contributed by atoms with Gasteiger partial charge in [0.25, 0.3) is 0 Å². The highest BCUT2D eigenvalue weighted by Crippen LogP contribution is 1.89. The van der Waals surface area contributed by atoms with Gasteiger partial charge in [-0.15, -0.1) is 4.36 Å². The molecular weight excluding hydrogens is 138 g/mol. The number of amides is 1. The van der Waals surface area contributed by atoms with Crippen LogP contribution in [0.15, 0.2) is 16.8 Å². The van der Waals surface area contributed by atoms with Gasteiger partial charge in [0.1, 0.15) is 0 Å². The average molecular weight is 141 g/mol. The topological polar surface area (TPSA) is 58.1 Å². The molecule has 1 aromatic rings. The van der Waals surface area contributed by atoms with E-state index in [2.05, 4.69) is 26.8 Å². The Bertz CT molecular complexity index is 218. The summed E-state index contributed by atoms with van der Waals surface area (Å²) in [6, 6.07) is 0. The summed E-state index contributed by atoms with van der Waals surface area (Å²) in [4.78, 5) is 16.7. The quantitative estimate of drug-likeness (QED) is 0.611. The lowest BCUT2D eigenvalue weighted by Crippen LogP contribution is -1.94. The second-order valence-electron chi connectivity index (χ2n) is 1.33. The lowest BCUT2D eigenvalue weighted by atomic mass is 10.6. The summed E-state index contributed by atoms with van der Waals surface area (Å²) in [6.07, 6.45) is 3.00. The number of nitrogens with one attached hydrogen (secondary N) is 1. The van der Waals surface area contributed by atoms with Gasteiger partial charge in [-0.25, -0.2) is 4.98 Å². The molecule has 1 amide bonds. The predicted octanol–water partition coefficient (Wildman–Crippen LogP) is 0.280. The maximum atomic E-state index is 10.5. The van der Waals surface area contributed by atoms with Gasteiger partial charge < -0.3 is 4.98 Å². The molecule has 0 radical (unpaired) electrons. The molecule has 0 atom stereocenters. The average Bonchev–Trinajstić information content (AvgIpc) is 2.37. The van der Waals surface area contributed by atoms with Gasteiger partial charge in [-0.1, -0.05) is 0 Å². The van der Waals surface area contributed by atoms with Crippen molar-refractivity contribution in [2.24, 2.45) is 4.36 Å². The third-order valence-electron chi connectivity index (χ3n) is 0.784. The van der Waals surface area contributed by atoms with Gasteiger partial charge in [0.05, 0.1) is 0 Å². The molecule has 0 aliphatic carbocycles. The van der Waals surface area contributed by atoms with E-state index >= 15 is 0 Å². The van der Waals surface area contributed by atoms with Crippen LogP contribution in [0.2, 0.25) is 0 Å². The van der Waals surface area contributed by atoms with Crippen molar-refractivity contribution in [2.75, 3.05) is 0 Å². The number of carbonyl (C=O) groups is 1. The highest BCUT2D eigenvalue weighted by molar-refractivity contribution is 7.47. The standard InChI is InChI=1S/C4H3N3OS/c8-4(7-9)3-5-1-2-6-3/h1-2H,(H,5,6). The Labute approximate surface area is 56.5 Å². The van der Waals surface area contributed by atoms with E-state index in [0.717, 1.165) is 0 Å². The van der Waals surface area contributed by atoms with Gasteiger partial charge >= 0.3 is 5.91 Å². The van der Waals surface area contributed by atoms with E-state index in [4.69, 9.17) is 0 Å². The minimum Gasteiger partial charge on any atom is -0.340 e. The van der Waals surface area contributed by atoms with E-state index < -0.39 is 5.91 Å². The number of rotatable bonds is 1. The molecular formula is C4H3N3OS. The van der Waals surface area contributed by atoms with Crippen LogP contribution >= 0.6 is 0 Å². The molecule has 1 rings (SSSR count). The molecule has 0 aliphatic rings. The molecule has 0 bridgehead atoms. The van der Waals surface area contributed by atoms with Crippen molar-refractivity contribution >= 4 is 18.3 Å². The Morgan fingerprint density at radius 2 is 2.67 bits per heavy atom. The summed E-state index contributed by atoms with van der Waals surface area (Å²) in [5.74, 6) is -0.319. The fourth-order valence-electron chi connectivity index (χ4n) is 0.425. The Kier molecular flexibility index (Phi) is 1.64. The molecule has 0 saturated carbocycles. The van der Waals surface area contributed by atoms with E-state index in [1.54, 1.807) is 0 Å². The maximum absolute atomic E-state index is 10.5. The normalized spacial score (nSPS) is 8.89. The summed E-state index contributed by atoms with van der Waals surface area (Å²) >= 11 is 4.14. The summed E-state index contributed by atoms with van der Waals surface area (Å²) in [6.45, 7) is 0. The number of H-pyrrole nitrogens is 1. The first-order valence-corrected chi connectivity index (χ1v) is 2.58. The fourth-order valence-corrected chi connectivity index (χ4v) is 0.512. The zero-order valence-electron chi connectivity index (χ0n) is 4.37. The maximum Gasteiger partial charge on any atom is 0.323 e. The van der Waals surface area contributed by atoms with Gasteiger partial charge in [-0.3, -0.25) is 4.79 Å². The highest BCUT2D eigenvalue weighted by atomic mass is 32.1. The molecule has 1 heterocycles. The number of aromatic amines is 1. The Hall–Kier alpha value is -1.10. The molecule has 46 valence electrons. The summed E-state index contributed by atoms with van der Waals surface area (Å²) in [7, 11) is 0. The van der Waals surface area contributed by atoms with Gasteiger partial charge in [0.2, 0.25) is 0 Å². The number of imidazole rings is 1. The number of aromatic nitrogens is 2. The van der Waals surface area contributed by atoms with Crippen molar-refractivity contribution in [3.8, 4) is 0 Å². The minimum absolute atomic E-state index is 0.185. The monoisotopic (exact) mass is 141 g/mol. The van der Waals surface area contributed by atoms with E-state index in [9.17, 15) is 4.79 Å². The van der Waals surface area contributed by atoms with Crippen LogP contribution in [0.3, 0.4) is 0 Å². The Morgan fingerprint density at radius 3 is 3.11 bits per heavy atom. The molecule has 5 heteroatoms. The summed E-state index contributed by atoms with van der Waals surface area (Å²) in [5, 5.41) is 0. The zero-order valence-corrected chi connectivity index (χ0v) is 5.18. The highest BCUT2D eigenvalue weighted by Gasteiger charge is 2.02. The molecule has 0 aromatic carbocycles. The second-order valence-corrected chi connectivity index (χ2v) is 1.52. The van der Waals surface area contributed by atoms with Gasteiger partial charge in [-0.2, -0.15) is 0 Å². The van der Waals surface area contributed by atoms with Crippen LogP contribution in [0, 0.1) is 0 Å². The SMILES string of the molecule is O=C(N=S)c1ncc[nH]1. The number of hydrogen-bond donors (Lipinski definition) is 1. The molecule has 0 fully saturated rings. The van der Waals surface area contributed by atoms with Crippen LogP contribution in [-0.4, -0.2) is 15.9 Å². The Morgan fingerprint density at radius 1 is 1.89 bits per heavy atom. The van der Waals surface area contributed by atoms with Gasteiger partial charge in [0, 0.05) is 24.8 Å². The minimum atomic E-state index is -0.505. The third-order valence-corrected chi connectivity index (χ3v) is 0.950. The van der Waals surface area contributed by atoms with E-state index in [-0.39, 0.29) is 5.82 Å². The lowest BCUT2D eigenvalue weighted by Gasteiger charge is -1.79. The fraction of sp³-hybridized carbons (Fsp3) is 0. The van der Waals surface area contributed by atoms with Crippen LogP contribution in [-0.2, 0) is 12.4 Å². The molecule has 0 unspecified atom stereocenters. The van der Waals surface area contributed by atoms with Crippen molar-refractivity contribution in [3.05, 3.63) is 18.2 Å². The largest absolute Gasteiger partial charge is 0.340 e. The van der Waals surface area contributed by atoms with Crippen LogP contribution in [0.1, 0.15) is 10.6 Å². The molecule has 0 spiro atoms. The summed E-state index contributed by atoms with van der Waals surface area (Å²) in [5.41, 5.74) is 0. The van der Waals surface area contributed by atoms with Crippen LogP contribution in [0.25, 0.3) is 0 Å². The van der Waals surface area contributed by atoms with Crippen molar-refractivity contribution in [2.45, 2.75) is 0 Å². The smallest absolute Gasteiger partial charge is 0.323 e.